The Bertz CT molecular complexity index is 651. The lowest BCUT2D eigenvalue weighted by Gasteiger charge is -2.23. The predicted octanol–water partition coefficient (Wildman–Crippen LogP) is 10.2. The first-order chi connectivity index (χ1) is 23.8. The molecule has 0 aliphatic carbocycles. The maximum absolute atomic E-state index is 10.3. The van der Waals surface area contributed by atoms with Crippen molar-refractivity contribution in [3.63, 3.8) is 0 Å². The molecule has 0 atom stereocenters. The van der Waals surface area contributed by atoms with Crippen molar-refractivity contribution in [1.82, 2.24) is 0 Å². The van der Waals surface area contributed by atoms with Crippen LogP contribution in [-0.4, -0.2) is 69.0 Å². The van der Waals surface area contributed by atoms with Gasteiger partial charge in [0.2, 0.25) is 0 Å². The van der Waals surface area contributed by atoms with Gasteiger partial charge in [-0.15, -0.1) is 0 Å². The van der Waals surface area contributed by atoms with Crippen molar-refractivity contribution >= 4 is 11.9 Å². The largest absolute Gasteiger partial charge is 0.481 e. The van der Waals surface area contributed by atoms with Gasteiger partial charge in [-0.2, -0.15) is 0 Å². The molecular weight excluding hydrogens is 620 g/mol. The third-order valence-electron chi connectivity index (χ3n) is 8.65. The summed E-state index contributed by atoms with van der Waals surface area (Å²) in [4.78, 5) is 20.6. The molecule has 8 heteroatoms. The molecule has 0 amide bonds. The first kappa shape index (κ1) is 51.6. The molecule has 0 fully saturated rings. The number of allylic oxidation sites excluding steroid dienone is 4. The number of carbonyl (C=O) groups is 2. The molecule has 0 heterocycles. The minimum atomic E-state index is -1.11. The van der Waals surface area contributed by atoms with Crippen LogP contribution in [0.4, 0.5) is 0 Å². The molecule has 0 aromatic heterocycles. The quantitative estimate of drug-likeness (QED) is 0.0286. The second kappa shape index (κ2) is 44.3. The minimum Gasteiger partial charge on any atom is -0.481 e. The topological polar surface area (TPSA) is 156 Å². The SMILES string of the molecule is CCCCCCCCC=CCCCCCCCC(=O)O.CCCCCCCCC=CCCCCCCCC(=O)O.OCC(CO)(CO)CO. The van der Waals surface area contributed by atoms with E-state index in [1.165, 1.54) is 141 Å². The second-order valence-electron chi connectivity index (χ2n) is 13.6. The molecule has 0 saturated carbocycles. The van der Waals surface area contributed by atoms with Crippen molar-refractivity contribution in [2.75, 3.05) is 26.4 Å². The molecule has 6 N–H and O–H groups in total. The van der Waals surface area contributed by atoms with E-state index >= 15 is 0 Å². The van der Waals surface area contributed by atoms with Gasteiger partial charge in [-0.05, 0) is 64.2 Å². The summed E-state index contributed by atoms with van der Waals surface area (Å²) in [5.74, 6) is -1.33. The van der Waals surface area contributed by atoms with Crippen LogP contribution in [-0.2, 0) is 9.59 Å². The smallest absolute Gasteiger partial charge is 0.303 e. The summed E-state index contributed by atoms with van der Waals surface area (Å²) in [5, 5.41) is 51.0. The highest BCUT2D eigenvalue weighted by molar-refractivity contribution is 5.66. The number of carboxylic acids is 2. The molecule has 0 bridgehead atoms. The van der Waals surface area contributed by atoms with Gasteiger partial charge in [0.1, 0.15) is 0 Å². The summed E-state index contributed by atoms with van der Waals surface area (Å²) in [6.45, 7) is 2.89. The Morgan fingerprint density at radius 3 is 0.816 bits per heavy atom. The zero-order valence-corrected chi connectivity index (χ0v) is 31.9. The number of rotatable bonds is 34. The summed E-state index contributed by atoms with van der Waals surface area (Å²) in [5.41, 5.74) is -1.11. The lowest BCUT2D eigenvalue weighted by molar-refractivity contribution is -0.138. The molecule has 0 aromatic carbocycles. The van der Waals surface area contributed by atoms with Gasteiger partial charge in [0.05, 0.1) is 31.8 Å². The standard InChI is InChI=1S/2C18H34O2.C5H12O4/c2*1-2-3-4-5-6-7-8-9-10-11-12-13-14-15-16-17-18(19)20;6-1-5(2-7,3-8)4-9/h2*9-10H,2-8,11-17H2,1H3,(H,19,20);6-9H,1-4H2. The lowest BCUT2D eigenvalue weighted by atomic mass is 9.93. The van der Waals surface area contributed by atoms with E-state index in [1.54, 1.807) is 0 Å². The molecule has 0 spiro atoms. The van der Waals surface area contributed by atoms with Crippen molar-refractivity contribution in [1.29, 1.82) is 0 Å². The summed E-state index contributed by atoms with van der Waals surface area (Å²) in [6, 6.07) is 0. The Kier molecular flexibility index (Phi) is 46.7. The van der Waals surface area contributed by atoms with Crippen molar-refractivity contribution in [3.8, 4) is 0 Å². The van der Waals surface area contributed by atoms with Gasteiger partial charge >= 0.3 is 11.9 Å². The van der Waals surface area contributed by atoms with Crippen LogP contribution < -0.4 is 0 Å². The zero-order chi connectivity index (χ0) is 37.1. The molecule has 0 aliphatic heterocycles. The monoisotopic (exact) mass is 701 g/mol. The number of carboxylic acid groups (broad SMARTS) is 2. The van der Waals surface area contributed by atoms with Gasteiger partial charge in [0.15, 0.2) is 0 Å². The van der Waals surface area contributed by atoms with E-state index in [9.17, 15) is 9.59 Å². The van der Waals surface area contributed by atoms with E-state index in [1.807, 2.05) is 0 Å². The number of aliphatic carboxylic acids is 2. The molecule has 0 rings (SSSR count). The van der Waals surface area contributed by atoms with Gasteiger partial charge in [0.25, 0.3) is 0 Å². The summed E-state index contributed by atoms with van der Waals surface area (Å²) in [7, 11) is 0. The second-order valence-corrected chi connectivity index (χ2v) is 13.6. The van der Waals surface area contributed by atoms with Crippen LogP contribution in [0, 0.1) is 5.41 Å². The zero-order valence-electron chi connectivity index (χ0n) is 31.9. The van der Waals surface area contributed by atoms with E-state index in [4.69, 9.17) is 30.6 Å². The van der Waals surface area contributed by atoms with Crippen LogP contribution >= 0.6 is 0 Å². The van der Waals surface area contributed by atoms with Gasteiger partial charge in [-0.25, -0.2) is 0 Å². The Morgan fingerprint density at radius 1 is 0.388 bits per heavy atom. The molecule has 0 aliphatic rings. The molecule has 0 saturated heterocycles. The van der Waals surface area contributed by atoms with Gasteiger partial charge in [-0.1, -0.05) is 141 Å². The summed E-state index contributed by atoms with van der Waals surface area (Å²) < 4.78 is 0. The highest BCUT2D eigenvalue weighted by atomic mass is 16.4. The fourth-order valence-corrected chi connectivity index (χ4v) is 4.99. The van der Waals surface area contributed by atoms with E-state index in [0.29, 0.717) is 12.8 Å². The molecule has 0 unspecified atom stereocenters. The highest BCUT2D eigenvalue weighted by Gasteiger charge is 2.26. The molecule has 8 nitrogen and oxygen atoms in total. The van der Waals surface area contributed by atoms with E-state index in [2.05, 4.69) is 38.2 Å². The van der Waals surface area contributed by atoms with Crippen LogP contribution in [0.5, 0.6) is 0 Å². The number of aliphatic hydroxyl groups excluding tert-OH is 4. The molecule has 292 valence electrons. The lowest BCUT2D eigenvalue weighted by Crippen LogP contribution is -2.37. The number of hydrogen-bond donors (Lipinski definition) is 6. The number of aliphatic hydroxyl groups is 4. The van der Waals surface area contributed by atoms with Crippen LogP contribution in [0.15, 0.2) is 24.3 Å². The fourth-order valence-electron chi connectivity index (χ4n) is 4.99. The molecule has 49 heavy (non-hydrogen) atoms. The molecule has 0 aromatic rings. The molecular formula is C41H80O8. The van der Waals surface area contributed by atoms with E-state index in [-0.39, 0.29) is 0 Å². The van der Waals surface area contributed by atoms with E-state index < -0.39 is 43.8 Å². The third kappa shape index (κ3) is 46.3. The third-order valence-corrected chi connectivity index (χ3v) is 8.65. The van der Waals surface area contributed by atoms with Gasteiger partial charge in [-0.3, -0.25) is 9.59 Å². The first-order valence-corrected chi connectivity index (χ1v) is 20.0. The van der Waals surface area contributed by atoms with Crippen LogP contribution in [0.2, 0.25) is 0 Å². The normalized spacial score (nSPS) is 11.4. The predicted molar refractivity (Wildman–Crippen MR) is 205 cm³/mol. The van der Waals surface area contributed by atoms with E-state index in [0.717, 1.165) is 25.7 Å². The first-order valence-electron chi connectivity index (χ1n) is 20.0. The highest BCUT2D eigenvalue weighted by Crippen LogP contribution is 2.13. The maximum atomic E-state index is 10.3. The number of hydrogen-bond acceptors (Lipinski definition) is 6. The van der Waals surface area contributed by atoms with Crippen LogP contribution in [0.1, 0.15) is 194 Å². The Morgan fingerprint density at radius 2 is 0.612 bits per heavy atom. The average molecular weight is 701 g/mol. The molecule has 0 radical (unpaired) electrons. The van der Waals surface area contributed by atoms with Crippen LogP contribution in [0.3, 0.4) is 0 Å². The average Bonchev–Trinajstić information content (AvgIpc) is 3.10. The van der Waals surface area contributed by atoms with Gasteiger partial charge < -0.3 is 30.6 Å². The Labute approximate surface area is 301 Å². The van der Waals surface area contributed by atoms with Crippen molar-refractivity contribution < 1.29 is 40.2 Å². The van der Waals surface area contributed by atoms with Crippen molar-refractivity contribution in [2.24, 2.45) is 5.41 Å². The number of unbranched alkanes of at least 4 members (excludes halogenated alkanes) is 22. The van der Waals surface area contributed by atoms with Crippen LogP contribution in [0.25, 0.3) is 0 Å². The van der Waals surface area contributed by atoms with Crippen molar-refractivity contribution in [2.45, 2.75) is 194 Å². The van der Waals surface area contributed by atoms with Gasteiger partial charge in [0, 0.05) is 12.8 Å². The summed E-state index contributed by atoms with van der Waals surface area (Å²) >= 11 is 0. The Hall–Kier alpha value is -1.74. The van der Waals surface area contributed by atoms with Crippen molar-refractivity contribution in [3.05, 3.63) is 24.3 Å². The minimum absolute atomic E-state index is 0.332. The fraction of sp³-hybridized carbons (Fsp3) is 0.854. The maximum Gasteiger partial charge on any atom is 0.303 e. The Balaban J connectivity index is -0.000000695. The summed E-state index contributed by atoms with van der Waals surface area (Å²) in [6.07, 6.45) is 42.5.